The Hall–Kier alpha value is -3.75. The van der Waals surface area contributed by atoms with E-state index in [1.165, 1.54) is 0 Å². The predicted molar refractivity (Wildman–Crippen MR) is 151 cm³/mol. The van der Waals surface area contributed by atoms with Gasteiger partial charge in [-0.25, -0.2) is 4.98 Å². The number of para-hydroxylation sites is 1. The molecule has 1 amide bonds. The van der Waals surface area contributed by atoms with Gasteiger partial charge in [0.1, 0.15) is 5.84 Å². The Bertz CT molecular complexity index is 1370. The van der Waals surface area contributed by atoms with E-state index in [4.69, 9.17) is 20.9 Å². The zero-order valence-electron chi connectivity index (χ0n) is 20.5. The van der Waals surface area contributed by atoms with Gasteiger partial charge in [-0.05, 0) is 49.2 Å². The molecule has 3 N–H and O–H groups in total. The van der Waals surface area contributed by atoms with Crippen molar-refractivity contribution >= 4 is 57.4 Å². The second-order valence-electron chi connectivity index (χ2n) is 8.25. The molecule has 0 saturated carbocycles. The number of rotatable bonds is 10. The summed E-state index contributed by atoms with van der Waals surface area (Å²) in [4.78, 5) is 31.8. The van der Waals surface area contributed by atoms with Crippen molar-refractivity contribution in [1.29, 1.82) is 5.41 Å². The van der Waals surface area contributed by atoms with Crippen LogP contribution in [0.1, 0.15) is 39.8 Å². The van der Waals surface area contributed by atoms with Gasteiger partial charge in [-0.2, -0.15) is 0 Å². The largest absolute Gasteiger partial charge is 0.466 e. The highest BCUT2D eigenvalue weighted by atomic mass is 35.5. The van der Waals surface area contributed by atoms with Crippen LogP contribution in [-0.4, -0.2) is 35.8 Å². The second-order valence-corrected chi connectivity index (χ2v) is 9.36. The number of amidine groups is 1. The molecule has 4 rings (SSSR count). The van der Waals surface area contributed by atoms with Crippen LogP contribution in [0.3, 0.4) is 0 Å². The number of carbonyl (C=O) groups excluding carboxylic acids is 2. The molecule has 0 aliphatic carbocycles. The van der Waals surface area contributed by atoms with Crippen LogP contribution in [0.4, 0.5) is 5.69 Å². The number of nitrogen functional groups attached to an aromatic ring is 1. The molecule has 0 fully saturated rings. The molecule has 0 spiro atoms. The van der Waals surface area contributed by atoms with Crippen molar-refractivity contribution in [3.63, 3.8) is 0 Å². The zero-order valence-corrected chi connectivity index (χ0v) is 22.1. The number of thiazole rings is 1. The van der Waals surface area contributed by atoms with Crippen molar-refractivity contribution in [3.05, 3.63) is 94.5 Å². The van der Waals surface area contributed by atoms with E-state index < -0.39 is 0 Å². The first-order chi connectivity index (χ1) is 17.4. The Morgan fingerprint density at radius 1 is 1.00 bits per heavy atom. The molecular weight excluding hydrogens is 508 g/mol. The monoisotopic (exact) mass is 536 g/mol. The van der Waals surface area contributed by atoms with Gasteiger partial charge in [-0.1, -0.05) is 42.5 Å². The number of esters is 1. The number of nitrogens with two attached hydrogens (primary N) is 1. The van der Waals surface area contributed by atoms with Crippen LogP contribution < -0.4 is 10.6 Å². The van der Waals surface area contributed by atoms with Gasteiger partial charge in [-0.15, -0.1) is 23.7 Å². The van der Waals surface area contributed by atoms with Crippen LogP contribution in [0.5, 0.6) is 0 Å². The molecule has 0 aliphatic rings. The Morgan fingerprint density at radius 2 is 1.70 bits per heavy atom. The Labute approximate surface area is 226 Å². The quantitative estimate of drug-likeness (QED) is 0.160. The van der Waals surface area contributed by atoms with Crippen LogP contribution in [0.15, 0.2) is 72.8 Å². The van der Waals surface area contributed by atoms with Gasteiger partial charge in [0.2, 0.25) is 0 Å². The maximum Gasteiger partial charge on any atom is 0.307 e. The molecule has 0 aliphatic heterocycles. The van der Waals surface area contributed by atoms with Gasteiger partial charge < -0.3 is 15.4 Å². The summed E-state index contributed by atoms with van der Waals surface area (Å²) in [5, 5.41) is 8.50. The molecule has 0 saturated heterocycles. The van der Waals surface area contributed by atoms with Gasteiger partial charge in [0.25, 0.3) is 5.91 Å². The lowest BCUT2D eigenvalue weighted by molar-refractivity contribution is -0.142. The topological polar surface area (TPSA) is 109 Å². The number of aromatic nitrogens is 1. The lowest BCUT2D eigenvalue weighted by Crippen LogP contribution is -2.33. The third-order valence-electron chi connectivity index (χ3n) is 5.73. The summed E-state index contributed by atoms with van der Waals surface area (Å²) >= 11 is 1.62. The van der Waals surface area contributed by atoms with E-state index >= 15 is 0 Å². The number of nitrogens with one attached hydrogen (secondary N) is 1. The molecule has 0 bridgehead atoms. The average molecular weight is 537 g/mol. The number of anilines is 1. The maximum absolute atomic E-state index is 13.5. The first-order valence-corrected chi connectivity index (χ1v) is 12.6. The van der Waals surface area contributed by atoms with E-state index in [1.807, 2.05) is 72.8 Å². The summed E-state index contributed by atoms with van der Waals surface area (Å²) in [5.41, 5.74) is 9.41. The smallest absolute Gasteiger partial charge is 0.307 e. The fourth-order valence-electron chi connectivity index (χ4n) is 3.87. The Balaban J connectivity index is 0.00000380. The van der Waals surface area contributed by atoms with Crippen LogP contribution in [0, 0.1) is 5.41 Å². The highest BCUT2D eigenvalue weighted by Gasteiger charge is 2.20. The molecule has 0 radical (unpaired) electrons. The molecule has 1 aromatic heterocycles. The highest BCUT2D eigenvalue weighted by Crippen LogP contribution is 2.26. The van der Waals surface area contributed by atoms with E-state index in [2.05, 4.69) is 0 Å². The second kappa shape index (κ2) is 13.0. The number of amides is 1. The van der Waals surface area contributed by atoms with E-state index in [1.54, 1.807) is 23.2 Å². The van der Waals surface area contributed by atoms with Crippen molar-refractivity contribution in [1.82, 2.24) is 4.98 Å². The third-order valence-corrected chi connectivity index (χ3v) is 6.83. The predicted octanol–water partition coefficient (Wildman–Crippen LogP) is 5.39. The molecule has 1 heterocycles. The first-order valence-electron chi connectivity index (χ1n) is 11.8. The van der Waals surface area contributed by atoms with Crippen molar-refractivity contribution in [2.45, 2.75) is 26.2 Å². The molecule has 0 unspecified atom stereocenters. The van der Waals surface area contributed by atoms with Gasteiger partial charge in [0, 0.05) is 29.8 Å². The summed E-state index contributed by atoms with van der Waals surface area (Å²) in [6.07, 6.45) is 1.71. The minimum absolute atomic E-state index is 0. The lowest BCUT2D eigenvalue weighted by Gasteiger charge is -2.22. The van der Waals surface area contributed by atoms with Gasteiger partial charge >= 0.3 is 5.97 Å². The minimum atomic E-state index is -0.332. The van der Waals surface area contributed by atoms with E-state index in [9.17, 15) is 9.59 Å². The highest BCUT2D eigenvalue weighted by molar-refractivity contribution is 7.18. The Kier molecular flexibility index (Phi) is 9.77. The summed E-state index contributed by atoms with van der Waals surface area (Å²) < 4.78 is 6.06. The number of halogens is 1. The van der Waals surface area contributed by atoms with Crippen molar-refractivity contribution in [3.8, 4) is 0 Å². The Morgan fingerprint density at radius 3 is 2.38 bits per heavy atom. The number of hydrogen-bond acceptors (Lipinski definition) is 6. The molecule has 7 nitrogen and oxygen atoms in total. The SMILES string of the molecule is CCOC(=O)CCN(C(=O)c1ccc2sc(CCc3ccc(C(=N)N)cc3)nc2c1)c1ccccc1.Cl. The molecule has 4 aromatic rings. The number of ether oxygens (including phenoxy) is 1. The number of benzene rings is 3. The minimum Gasteiger partial charge on any atom is -0.466 e. The summed E-state index contributed by atoms with van der Waals surface area (Å²) in [5.74, 6) is -0.459. The molecule has 3 aromatic carbocycles. The molecular formula is C28H29ClN4O3S. The molecule has 192 valence electrons. The van der Waals surface area contributed by atoms with Crippen LogP contribution in [-0.2, 0) is 22.4 Å². The maximum atomic E-state index is 13.5. The molecule has 9 heteroatoms. The lowest BCUT2D eigenvalue weighted by atomic mass is 10.1. The standard InChI is InChI=1S/C28H28N4O3S.ClH/c1-2-35-26(33)16-17-32(22-6-4-3-5-7-22)28(34)21-13-14-24-23(18-21)31-25(36-24)15-10-19-8-11-20(12-9-19)27(29)30;/h3-9,11-14,18H,2,10,15-17H2,1H3,(H3,29,30);1H. The van der Waals surface area contributed by atoms with Gasteiger partial charge in [0.05, 0.1) is 28.3 Å². The van der Waals surface area contributed by atoms with Crippen LogP contribution >= 0.6 is 23.7 Å². The number of aryl methyl sites for hydroxylation is 2. The number of fused-ring (bicyclic) bond motifs is 1. The number of hydrogen-bond donors (Lipinski definition) is 2. The fourth-order valence-corrected chi connectivity index (χ4v) is 4.81. The summed E-state index contributed by atoms with van der Waals surface area (Å²) in [7, 11) is 0. The molecule has 0 atom stereocenters. The van der Waals surface area contributed by atoms with Crippen molar-refractivity contribution in [2.75, 3.05) is 18.1 Å². The van der Waals surface area contributed by atoms with Crippen LogP contribution in [0.25, 0.3) is 10.2 Å². The van der Waals surface area contributed by atoms with E-state index in [-0.39, 0.29) is 43.1 Å². The van der Waals surface area contributed by atoms with Crippen molar-refractivity contribution in [2.24, 2.45) is 5.73 Å². The van der Waals surface area contributed by atoms with E-state index in [0.29, 0.717) is 17.7 Å². The van der Waals surface area contributed by atoms with E-state index in [0.717, 1.165) is 39.3 Å². The summed E-state index contributed by atoms with van der Waals surface area (Å²) in [6, 6.07) is 22.6. The number of nitrogens with zero attached hydrogens (tertiary/aromatic N) is 2. The van der Waals surface area contributed by atoms with Gasteiger partial charge in [0.15, 0.2) is 0 Å². The van der Waals surface area contributed by atoms with Gasteiger partial charge in [-0.3, -0.25) is 15.0 Å². The van der Waals surface area contributed by atoms with Crippen molar-refractivity contribution < 1.29 is 14.3 Å². The summed E-state index contributed by atoms with van der Waals surface area (Å²) in [6.45, 7) is 2.30. The number of carbonyl (C=O) groups is 2. The average Bonchev–Trinajstić information content (AvgIpc) is 3.31. The molecule has 37 heavy (non-hydrogen) atoms. The third kappa shape index (κ3) is 7.15. The van der Waals surface area contributed by atoms with Crippen LogP contribution in [0.2, 0.25) is 0 Å². The zero-order chi connectivity index (χ0) is 25.5. The fraction of sp³-hybridized carbons (Fsp3) is 0.214. The normalized spacial score (nSPS) is 10.5. The first kappa shape index (κ1) is 27.8.